The lowest BCUT2D eigenvalue weighted by Crippen LogP contribution is -2.47. The van der Waals surface area contributed by atoms with Gasteiger partial charge in [0.05, 0.1) is 6.10 Å². The Morgan fingerprint density at radius 1 is 1.00 bits per heavy atom. The zero-order valence-electron chi connectivity index (χ0n) is 17.1. The molecule has 6 nitrogen and oxygen atoms in total. The number of urea groups is 1. The summed E-state index contributed by atoms with van der Waals surface area (Å²) >= 11 is 0. The zero-order valence-corrected chi connectivity index (χ0v) is 17.1. The van der Waals surface area contributed by atoms with Gasteiger partial charge < -0.3 is 15.3 Å². The molecule has 29 heavy (non-hydrogen) atoms. The summed E-state index contributed by atoms with van der Waals surface area (Å²) in [4.78, 5) is 18.5. The number of anilines is 2. The van der Waals surface area contributed by atoms with Crippen molar-refractivity contribution < 1.29 is 9.90 Å². The number of aryl methyl sites for hydroxylation is 1. The Hall–Kier alpha value is -2.57. The zero-order chi connectivity index (χ0) is 20.2. The number of carbonyl (C=O) groups is 1. The molecule has 1 unspecified atom stereocenters. The van der Waals surface area contributed by atoms with Crippen LogP contribution in [0.25, 0.3) is 0 Å². The molecule has 0 saturated carbocycles. The number of benzene rings is 2. The molecule has 0 aliphatic carbocycles. The van der Waals surface area contributed by atoms with E-state index in [0.717, 1.165) is 56.9 Å². The summed E-state index contributed by atoms with van der Waals surface area (Å²) in [5.74, 6) is 0. The molecule has 0 radical (unpaired) electrons. The monoisotopic (exact) mass is 394 g/mol. The van der Waals surface area contributed by atoms with Crippen LogP contribution in [0, 0.1) is 6.92 Å². The molecule has 2 fully saturated rings. The molecule has 154 valence electrons. The highest BCUT2D eigenvalue weighted by atomic mass is 16.3. The molecule has 2 heterocycles. The van der Waals surface area contributed by atoms with Gasteiger partial charge in [0.25, 0.3) is 0 Å². The van der Waals surface area contributed by atoms with Gasteiger partial charge in [-0.2, -0.15) is 0 Å². The molecule has 0 bridgehead atoms. The maximum absolute atomic E-state index is 12.0. The van der Waals surface area contributed by atoms with Crippen LogP contribution in [0.15, 0.2) is 48.5 Å². The van der Waals surface area contributed by atoms with Crippen LogP contribution >= 0.6 is 0 Å². The lowest BCUT2D eigenvalue weighted by Gasteiger charge is -2.37. The van der Waals surface area contributed by atoms with Crippen molar-refractivity contribution in [3.05, 3.63) is 59.7 Å². The van der Waals surface area contributed by atoms with Gasteiger partial charge in [0.2, 0.25) is 0 Å². The van der Waals surface area contributed by atoms with Gasteiger partial charge in [-0.1, -0.05) is 30.3 Å². The largest absolute Gasteiger partial charge is 0.387 e. The Balaban J connectivity index is 1.31. The van der Waals surface area contributed by atoms with Crippen LogP contribution in [0.3, 0.4) is 0 Å². The maximum atomic E-state index is 12.0. The number of aliphatic hydroxyl groups is 1. The third-order valence-corrected chi connectivity index (χ3v) is 5.93. The van der Waals surface area contributed by atoms with Crippen LogP contribution in [-0.2, 0) is 0 Å². The molecule has 4 rings (SSSR count). The van der Waals surface area contributed by atoms with Gasteiger partial charge in [-0.3, -0.25) is 9.80 Å². The summed E-state index contributed by atoms with van der Waals surface area (Å²) in [5, 5.41) is 13.6. The second-order valence-electron chi connectivity index (χ2n) is 7.92. The fourth-order valence-electron chi connectivity index (χ4n) is 4.19. The summed E-state index contributed by atoms with van der Waals surface area (Å²) in [6.45, 7) is 8.09. The van der Waals surface area contributed by atoms with Gasteiger partial charge in [-0.15, -0.1) is 0 Å². The summed E-state index contributed by atoms with van der Waals surface area (Å²) < 4.78 is 0. The van der Waals surface area contributed by atoms with E-state index in [1.807, 2.05) is 24.3 Å². The number of aliphatic hydroxyl groups excluding tert-OH is 1. The second kappa shape index (κ2) is 8.84. The molecular weight excluding hydrogens is 364 g/mol. The maximum Gasteiger partial charge on any atom is 0.321 e. The van der Waals surface area contributed by atoms with Crippen molar-refractivity contribution in [2.45, 2.75) is 19.4 Å². The van der Waals surface area contributed by atoms with Gasteiger partial charge in [0, 0.05) is 57.2 Å². The molecule has 0 spiro atoms. The second-order valence-corrected chi connectivity index (χ2v) is 7.92. The number of rotatable bonds is 5. The summed E-state index contributed by atoms with van der Waals surface area (Å²) in [7, 11) is 0. The van der Waals surface area contributed by atoms with Crippen molar-refractivity contribution in [1.29, 1.82) is 0 Å². The van der Waals surface area contributed by atoms with Crippen LogP contribution in [0.1, 0.15) is 23.7 Å². The number of piperazine rings is 1. The third kappa shape index (κ3) is 4.54. The smallest absolute Gasteiger partial charge is 0.321 e. The number of β-amino-alcohol motifs (C(OH)–C–C–N with tert-alkyl or cyclic N) is 1. The number of hydrogen-bond donors (Lipinski definition) is 2. The molecule has 6 heteroatoms. The molecule has 2 aliphatic heterocycles. The Morgan fingerprint density at radius 3 is 2.41 bits per heavy atom. The minimum absolute atomic E-state index is 0.0453. The number of nitrogens with one attached hydrogen (secondary N) is 1. The van der Waals surface area contributed by atoms with Crippen LogP contribution in [0.2, 0.25) is 0 Å². The Labute approximate surface area is 172 Å². The SMILES string of the molecule is Cc1ccccc1N1CCN(CC(O)c2ccc(N3CCCNC3=O)cc2)CC1. The van der Waals surface area contributed by atoms with Gasteiger partial charge in [0.1, 0.15) is 0 Å². The van der Waals surface area contributed by atoms with E-state index in [1.54, 1.807) is 4.90 Å². The predicted octanol–water partition coefficient (Wildman–Crippen LogP) is 2.77. The Bertz CT molecular complexity index is 831. The lowest BCUT2D eigenvalue weighted by atomic mass is 10.1. The van der Waals surface area contributed by atoms with E-state index in [1.165, 1.54) is 11.3 Å². The average Bonchev–Trinajstić information content (AvgIpc) is 2.75. The van der Waals surface area contributed by atoms with E-state index in [2.05, 4.69) is 46.3 Å². The topological polar surface area (TPSA) is 59.1 Å². The van der Waals surface area contributed by atoms with Gasteiger partial charge >= 0.3 is 6.03 Å². The molecule has 1 atom stereocenters. The van der Waals surface area contributed by atoms with E-state index in [-0.39, 0.29) is 6.03 Å². The highest BCUT2D eigenvalue weighted by molar-refractivity contribution is 5.92. The quantitative estimate of drug-likeness (QED) is 0.819. The van der Waals surface area contributed by atoms with E-state index in [4.69, 9.17) is 0 Å². The highest BCUT2D eigenvalue weighted by Crippen LogP contribution is 2.24. The Kier molecular flexibility index (Phi) is 6.02. The van der Waals surface area contributed by atoms with Crippen molar-refractivity contribution in [2.75, 3.05) is 55.6 Å². The van der Waals surface area contributed by atoms with Crippen molar-refractivity contribution in [2.24, 2.45) is 0 Å². The van der Waals surface area contributed by atoms with Gasteiger partial charge in [-0.05, 0) is 42.7 Å². The summed E-state index contributed by atoms with van der Waals surface area (Å²) in [5.41, 5.74) is 4.39. The average molecular weight is 395 g/mol. The standard InChI is InChI=1S/C23H30N4O2/c1-18-5-2-3-6-21(18)26-15-13-25(14-16-26)17-22(28)19-7-9-20(10-8-19)27-12-4-11-24-23(27)29/h2-3,5-10,22,28H,4,11-17H2,1H3,(H,24,29). The number of amides is 2. The van der Waals surface area contributed by atoms with Crippen molar-refractivity contribution in [3.8, 4) is 0 Å². The summed E-state index contributed by atoms with van der Waals surface area (Å²) in [6.07, 6.45) is 0.425. The third-order valence-electron chi connectivity index (χ3n) is 5.93. The predicted molar refractivity (Wildman–Crippen MR) is 117 cm³/mol. The molecular formula is C23H30N4O2. The fraction of sp³-hybridized carbons (Fsp3) is 0.435. The molecule has 2 amide bonds. The molecule has 2 N–H and O–H groups in total. The molecule has 2 aromatic rings. The van der Waals surface area contributed by atoms with Crippen LogP contribution < -0.4 is 15.1 Å². The number of para-hydroxylation sites is 1. The highest BCUT2D eigenvalue weighted by Gasteiger charge is 2.22. The molecule has 2 aliphatic rings. The normalized spacial score (nSPS) is 19.2. The first kappa shape index (κ1) is 19.7. The van der Waals surface area contributed by atoms with Crippen molar-refractivity contribution >= 4 is 17.4 Å². The van der Waals surface area contributed by atoms with Crippen molar-refractivity contribution in [1.82, 2.24) is 10.2 Å². The number of hydrogen-bond acceptors (Lipinski definition) is 4. The minimum Gasteiger partial charge on any atom is -0.387 e. The van der Waals surface area contributed by atoms with Crippen LogP contribution in [-0.4, -0.2) is 61.9 Å². The summed E-state index contributed by atoms with van der Waals surface area (Å²) in [6, 6.07) is 16.2. The first-order valence-electron chi connectivity index (χ1n) is 10.5. The lowest BCUT2D eigenvalue weighted by molar-refractivity contribution is 0.109. The minimum atomic E-state index is -0.524. The first-order valence-corrected chi connectivity index (χ1v) is 10.5. The van der Waals surface area contributed by atoms with Crippen LogP contribution in [0.5, 0.6) is 0 Å². The molecule has 2 aromatic carbocycles. The fourth-order valence-corrected chi connectivity index (χ4v) is 4.19. The molecule has 2 saturated heterocycles. The number of nitrogens with zero attached hydrogens (tertiary/aromatic N) is 3. The van der Waals surface area contributed by atoms with E-state index in [9.17, 15) is 9.90 Å². The van der Waals surface area contributed by atoms with Gasteiger partial charge in [0.15, 0.2) is 0 Å². The van der Waals surface area contributed by atoms with Crippen molar-refractivity contribution in [3.63, 3.8) is 0 Å². The Morgan fingerprint density at radius 2 is 1.72 bits per heavy atom. The molecule has 0 aromatic heterocycles. The van der Waals surface area contributed by atoms with Gasteiger partial charge in [-0.25, -0.2) is 4.79 Å². The van der Waals surface area contributed by atoms with E-state index < -0.39 is 6.10 Å². The number of carbonyl (C=O) groups excluding carboxylic acids is 1. The first-order chi connectivity index (χ1) is 14.1. The van der Waals surface area contributed by atoms with Crippen LogP contribution in [0.4, 0.5) is 16.2 Å². The van der Waals surface area contributed by atoms with E-state index in [0.29, 0.717) is 6.54 Å². The van der Waals surface area contributed by atoms with E-state index >= 15 is 0 Å².